The second-order valence-electron chi connectivity index (χ2n) is 9.15. The normalized spacial score (nSPS) is 13.1. The summed E-state index contributed by atoms with van der Waals surface area (Å²) in [5.41, 5.74) is 0.481. The predicted octanol–water partition coefficient (Wildman–Crippen LogP) is 4.86. The minimum absolute atomic E-state index is 0.601. The molecule has 0 bridgehead atoms. The molecule has 35 heavy (non-hydrogen) atoms. The van der Waals surface area contributed by atoms with Crippen molar-refractivity contribution < 1.29 is 23.7 Å². The summed E-state index contributed by atoms with van der Waals surface area (Å²) in [5.74, 6) is 2.70. The van der Waals surface area contributed by atoms with Gasteiger partial charge in [-0.3, -0.25) is 0 Å². The van der Waals surface area contributed by atoms with Crippen molar-refractivity contribution >= 4 is 0 Å². The molecular weight excluding hydrogens is 444 g/mol. The molecule has 0 saturated heterocycles. The monoisotopic (exact) mass is 484 g/mol. The van der Waals surface area contributed by atoms with Gasteiger partial charge in [0.25, 0.3) is 0 Å². The highest BCUT2D eigenvalue weighted by Gasteiger charge is 2.47. The van der Waals surface area contributed by atoms with Crippen molar-refractivity contribution in [2.24, 2.45) is 0 Å². The maximum Gasteiger partial charge on any atom is 0.161 e. The van der Waals surface area contributed by atoms with Gasteiger partial charge in [-0.05, 0) is 82.1 Å². The third kappa shape index (κ3) is 6.39. The Morgan fingerprint density at radius 1 is 0.800 bits per heavy atom. The van der Waals surface area contributed by atoms with Crippen LogP contribution in [0.25, 0.3) is 0 Å². The summed E-state index contributed by atoms with van der Waals surface area (Å²) in [6.45, 7) is 5.67. The SMILES string of the molecule is COc1ccc(CCN(C)CCCC(C#N)(c2ccc(OC)c(OC)c2)C(C)(C)OC)cc1OC. The van der Waals surface area contributed by atoms with E-state index in [4.69, 9.17) is 23.7 Å². The molecule has 0 amide bonds. The Kier molecular flexibility index (Phi) is 10.2. The molecule has 7 heteroatoms. The average molecular weight is 485 g/mol. The summed E-state index contributed by atoms with van der Waals surface area (Å²) in [4.78, 5) is 2.28. The van der Waals surface area contributed by atoms with Crippen molar-refractivity contribution in [2.45, 2.75) is 44.1 Å². The zero-order valence-corrected chi connectivity index (χ0v) is 22.4. The summed E-state index contributed by atoms with van der Waals surface area (Å²) in [6.07, 6.45) is 2.36. The third-order valence-corrected chi connectivity index (χ3v) is 6.93. The Hall–Kier alpha value is -2.95. The van der Waals surface area contributed by atoms with E-state index in [1.54, 1.807) is 35.5 Å². The molecule has 0 fully saturated rings. The fraction of sp³-hybridized carbons (Fsp3) is 0.536. The highest BCUT2D eigenvalue weighted by atomic mass is 16.5. The molecule has 0 spiro atoms. The van der Waals surface area contributed by atoms with Gasteiger partial charge in [0.15, 0.2) is 23.0 Å². The largest absolute Gasteiger partial charge is 0.493 e. The summed E-state index contributed by atoms with van der Waals surface area (Å²) < 4.78 is 27.5. The first-order valence-electron chi connectivity index (χ1n) is 11.8. The van der Waals surface area contributed by atoms with Crippen LogP contribution in [0.15, 0.2) is 36.4 Å². The number of rotatable bonds is 14. The van der Waals surface area contributed by atoms with Gasteiger partial charge in [0, 0.05) is 13.7 Å². The first kappa shape index (κ1) is 28.3. The number of ether oxygens (including phenoxy) is 5. The average Bonchev–Trinajstić information content (AvgIpc) is 2.89. The number of methoxy groups -OCH3 is 5. The van der Waals surface area contributed by atoms with E-state index in [-0.39, 0.29) is 0 Å². The van der Waals surface area contributed by atoms with E-state index in [0.717, 1.165) is 43.0 Å². The lowest BCUT2D eigenvalue weighted by Gasteiger charge is -2.41. The molecule has 7 nitrogen and oxygen atoms in total. The predicted molar refractivity (Wildman–Crippen MR) is 138 cm³/mol. The van der Waals surface area contributed by atoms with Gasteiger partial charge in [-0.25, -0.2) is 0 Å². The van der Waals surface area contributed by atoms with Gasteiger partial charge < -0.3 is 28.6 Å². The zero-order valence-electron chi connectivity index (χ0n) is 22.4. The zero-order chi connectivity index (χ0) is 26.1. The van der Waals surface area contributed by atoms with Crippen LogP contribution in [0.5, 0.6) is 23.0 Å². The lowest BCUT2D eigenvalue weighted by atomic mass is 9.66. The maximum absolute atomic E-state index is 10.5. The van der Waals surface area contributed by atoms with Gasteiger partial charge >= 0.3 is 0 Å². The molecular formula is C28H40N2O5. The quantitative estimate of drug-likeness (QED) is 0.379. The molecule has 192 valence electrons. The van der Waals surface area contributed by atoms with E-state index in [9.17, 15) is 5.26 Å². The molecule has 2 aromatic carbocycles. The van der Waals surface area contributed by atoms with E-state index >= 15 is 0 Å². The van der Waals surface area contributed by atoms with Gasteiger partial charge in [-0.15, -0.1) is 0 Å². The van der Waals surface area contributed by atoms with Crippen LogP contribution < -0.4 is 18.9 Å². The van der Waals surface area contributed by atoms with Gasteiger partial charge in [0.1, 0.15) is 5.41 Å². The highest BCUT2D eigenvalue weighted by molar-refractivity contribution is 5.48. The van der Waals surface area contributed by atoms with Crippen molar-refractivity contribution in [3.05, 3.63) is 47.5 Å². The number of nitriles is 1. The highest BCUT2D eigenvalue weighted by Crippen LogP contribution is 2.44. The van der Waals surface area contributed by atoms with Crippen molar-refractivity contribution in [1.82, 2.24) is 4.90 Å². The first-order chi connectivity index (χ1) is 16.7. The minimum atomic E-state index is -0.856. The Balaban J connectivity index is 2.13. The maximum atomic E-state index is 10.5. The molecule has 0 aromatic heterocycles. The van der Waals surface area contributed by atoms with Crippen LogP contribution in [0.3, 0.4) is 0 Å². The smallest absolute Gasteiger partial charge is 0.161 e. The lowest BCUT2D eigenvalue weighted by Crippen LogP contribution is -2.48. The van der Waals surface area contributed by atoms with E-state index in [0.29, 0.717) is 17.9 Å². The summed E-state index contributed by atoms with van der Waals surface area (Å²) >= 11 is 0. The van der Waals surface area contributed by atoms with Gasteiger partial charge in [0.2, 0.25) is 0 Å². The van der Waals surface area contributed by atoms with Gasteiger partial charge in [-0.2, -0.15) is 5.26 Å². The number of benzene rings is 2. The summed E-state index contributed by atoms with van der Waals surface area (Å²) in [6, 6.07) is 14.3. The number of hydrogen-bond acceptors (Lipinski definition) is 7. The number of nitrogens with zero attached hydrogens (tertiary/aromatic N) is 2. The molecule has 0 aliphatic carbocycles. The fourth-order valence-corrected chi connectivity index (χ4v) is 4.41. The van der Waals surface area contributed by atoms with Crippen LogP contribution >= 0.6 is 0 Å². The minimum Gasteiger partial charge on any atom is -0.493 e. The van der Waals surface area contributed by atoms with Crippen molar-refractivity contribution in [3.63, 3.8) is 0 Å². The molecule has 1 unspecified atom stereocenters. The van der Waals surface area contributed by atoms with Crippen LogP contribution in [0, 0.1) is 11.3 Å². The number of likely N-dealkylation sites (N-methyl/N-ethyl adjacent to an activating group) is 1. The molecule has 0 heterocycles. The Morgan fingerprint density at radius 2 is 1.37 bits per heavy atom. The molecule has 1 atom stereocenters. The fourth-order valence-electron chi connectivity index (χ4n) is 4.41. The van der Waals surface area contributed by atoms with Gasteiger partial charge in [0.05, 0.1) is 40.1 Å². The van der Waals surface area contributed by atoms with E-state index in [1.165, 1.54) is 5.56 Å². The van der Waals surface area contributed by atoms with E-state index in [1.807, 2.05) is 44.2 Å². The topological polar surface area (TPSA) is 73.2 Å². The number of hydrogen-bond donors (Lipinski definition) is 0. The first-order valence-corrected chi connectivity index (χ1v) is 11.8. The van der Waals surface area contributed by atoms with Crippen LogP contribution in [-0.2, 0) is 16.6 Å². The molecule has 0 radical (unpaired) electrons. The molecule has 0 saturated carbocycles. The lowest BCUT2D eigenvalue weighted by molar-refractivity contribution is -0.0308. The molecule has 2 rings (SSSR count). The molecule has 0 aliphatic rings. The standard InChI is InChI=1S/C28H40N2O5/c1-27(2,35-8)28(20-29,22-11-13-24(32-5)26(19-22)34-7)15-9-16-30(3)17-14-21-10-12-23(31-4)25(18-21)33-6/h10-13,18-19H,9,14-17H2,1-8H3. The molecule has 0 aliphatic heterocycles. The Labute approximate surface area is 210 Å². The Morgan fingerprint density at radius 3 is 1.91 bits per heavy atom. The summed E-state index contributed by atoms with van der Waals surface area (Å²) in [5, 5.41) is 10.5. The van der Waals surface area contributed by atoms with Crippen LogP contribution in [-0.4, -0.2) is 66.2 Å². The second kappa shape index (κ2) is 12.7. The second-order valence-corrected chi connectivity index (χ2v) is 9.15. The third-order valence-electron chi connectivity index (χ3n) is 6.93. The Bertz CT molecular complexity index is 1000. The van der Waals surface area contributed by atoms with Crippen molar-refractivity contribution in [2.75, 3.05) is 55.7 Å². The van der Waals surface area contributed by atoms with Crippen LogP contribution in [0.1, 0.15) is 37.8 Å². The van der Waals surface area contributed by atoms with Gasteiger partial charge in [-0.1, -0.05) is 12.1 Å². The molecule has 2 aromatic rings. The van der Waals surface area contributed by atoms with E-state index < -0.39 is 11.0 Å². The van der Waals surface area contributed by atoms with Crippen LogP contribution in [0.4, 0.5) is 0 Å². The summed E-state index contributed by atoms with van der Waals surface area (Å²) in [7, 11) is 10.2. The molecule has 0 N–H and O–H groups in total. The van der Waals surface area contributed by atoms with Crippen molar-refractivity contribution in [1.29, 1.82) is 5.26 Å². The van der Waals surface area contributed by atoms with Crippen molar-refractivity contribution in [3.8, 4) is 29.1 Å². The van der Waals surface area contributed by atoms with E-state index in [2.05, 4.69) is 24.1 Å². The van der Waals surface area contributed by atoms with Crippen LogP contribution in [0.2, 0.25) is 0 Å².